The van der Waals surface area contributed by atoms with Crippen LogP contribution in [0.1, 0.15) is 85.5 Å². The second kappa shape index (κ2) is 24.5. The molecule has 0 saturated heterocycles. The fourth-order valence-electron chi connectivity index (χ4n) is 7.28. The molecule has 340 valence electrons. The first-order valence-corrected chi connectivity index (χ1v) is 21.2. The minimum Gasteiger partial charge on any atom is -0.492 e. The summed E-state index contributed by atoms with van der Waals surface area (Å²) in [7, 11) is 1.30. The van der Waals surface area contributed by atoms with Crippen LogP contribution in [0, 0.1) is 23.0 Å². The van der Waals surface area contributed by atoms with Crippen LogP contribution < -0.4 is 47.9 Å². The molecule has 18 heteroatoms. The van der Waals surface area contributed by atoms with Gasteiger partial charge in [0.1, 0.15) is 72.6 Å². The highest BCUT2D eigenvalue weighted by Gasteiger charge is 2.36. The van der Waals surface area contributed by atoms with Crippen LogP contribution in [0.15, 0.2) is 48.5 Å². The number of unbranched alkanes of at least 4 members (excludes halogenated alkanes) is 4. The zero-order valence-electron chi connectivity index (χ0n) is 36.1. The molecule has 0 radical (unpaired) electrons. The maximum atomic E-state index is 15.4. The molecule has 0 unspecified atom stereocenters. The lowest BCUT2D eigenvalue weighted by molar-refractivity contribution is -0.141. The van der Waals surface area contributed by atoms with Crippen molar-refractivity contribution in [1.82, 2.24) is 26.2 Å². The Bertz CT molecular complexity index is 2110. The van der Waals surface area contributed by atoms with Crippen molar-refractivity contribution in [1.29, 1.82) is 5.26 Å². The van der Waals surface area contributed by atoms with E-state index in [1.807, 2.05) is 6.07 Å². The van der Waals surface area contributed by atoms with Gasteiger partial charge < -0.3 is 52.8 Å². The van der Waals surface area contributed by atoms with Gasteiger partial charge in [-0.1, -0.05) is 44.7 Å². The van der Waals surface area contributed by atoms with E-state index in [-0.39, 0.29) is 57.8 Å². The molecular formula is C45H59F2N9O7. The smallest absolute Gasteiger partial charge is 0.257 e. The number of aryl methyl sites for hydroxylation is 1. The van der Waals surface area contributed by atoms with Gasteiger partial charge in [-0.3, -0.25) is 24.0 Å². The molecule has 1 aliphatic rings. The lowest BCUT2D eigenvalue weighted by atomic mass is 9.93. The second-order valence-electron chi connectivity index (χ2n) is 15.3. The second-order valence-corrected chi connectivity index (χ2v) is 15.3. The molecule has 4 rings (SSSR count). The van der Waals surface area contributed by atoms with E-state index in [1.165, 1.54) is 14.0 Å². The molecule has 4 atom stereocenters. The Balaban J connectivity index is 1.80. The zero-order chi connectivity index (χ0) is 46.1. The van der Waals surface area contributed by atoms with E-state index in [9.17, 15) is 24.0 Å². The van der Waals surface area contributed by atoms with E-state index in [4.69, 9.17) is 31.9 Å². The predicted octanol–water partition coefficient (Wildman–Crippen LogP) is 2.65. The number of carbonyl (C=O) groups excluding carboxylic acids is 5. The summed E-state index contributed by atoms with van der Waals surface area (Å²) in [5.41, 5.74) is 18.6. The van der Waals surface area contributed by atoms with Gasteiger partial charge in [0.2, 0.25) is 23.6 Å². The molecule has 0 aromatic heterocycles. The van der Waals surface area contributed by atoms with Crippen LogP contribution >= 0.6 is 0 Å². The molecule has 0 spiro atoms. The molecule has 16 nitrogen and oxygen atoms in total. The fraction of sp³-hybridized carbons (Fsp3) is 0.467. The summed E-state index contributed by atoms with van der Waals surface area (Å²) >= 11 is 0. The van der Waals surface area contributed by atoms with E-state index < -0.39 is 70.9 Å². The van der Waals surface area contributed by atoms with E-state index in [0.717, 1.165) is 49.1 Å². The summed E-state index contributed by atoms with van der Waals surface area (Å²) in [6.45, 7) is 3.55. The van der Waals surface area contributed by atoms with Crippen LogP contribution in [0.4, 0.5) is 8.78 Å². The standard InChI is InChI=1S/C45H59F2N9O7/c1-4-5-6-7-8-9-28-23-33(46)39(34(47)24-28)43(59)54-35(14-15-48)45(61)56(3)40-30-11-13-38(63-21-18-51)32(26-30)31-22-29(10-12-37(31)62-20-17-50)25-36(42(58)52-19-16-49)55-41(57)27(2)53-44(40)60/h10-13,22-24,26-27,35-36,40H,4-9,14-15,17-21,25,48,50-51H2,1-3H3,(H,52,58)(H,53,60)(H,54,59)(H,55,57)/t27-,35-,36-,40-/m0/s1. The Morgan fingerprint density at radius 2 is 1.52 bits per heavy atom. The molecule has 5 amide bonds. The predicted molar refractivity (Wildman–Crippen MR) is 232 cm³/mol. The number of amides is 5. The molecule has 0 fully saturated rings. The first kappa shape index (κ1) is 49.5. The average molecular weight is 876 g/mol. The van der Waals surface area contributed by atoms with Gasteiger partial charge in [-0.15, -0.1) is 0 Å². The lowest BCUT2D eigenvalue weighted by Crippen LogP contribution is -2.56. The molecule has 3 aromatic carbocycles. The number of nitrogens with one attached hydrogen (secondary N) is 4. The van der Waals surface area contributed by atoms with Crippen LogP contribution in [-0.4, -0.2) is 99.0 Å². The minimum absolute atomic E-state index is 0.0301. The Kier molecular flexibility index (Phi) is 19.2. The van der Waals surface area contributed by atoms with Crippen molar-refractivity contribution in [3.05, 3.63) is 82.4 Å². The highest BCUT2D eigenvalue weighted by atomic mass is 19.1. The van der Waals surface area contributed by atoms with Crippen molar-refractivity contribution in [2.45, 2.75) is 89.4 Å². The summed E-state index contributed by atoms with van der Waals surface area (Å²) in [6.07, 6.45) is 4.96. The molecule has 4 bridgehead atoms. The number of rotatable bonds is 20. The van der Waals surface area contributed by atoms with Crippen molar-refractivity contribution < 1.29 is 42.2 Å². The lowest BCUT2D eigenvalue weighted by Gasteiger charge is -2.32. The molecule has 3 aromatic rings. The number of likely N-dealkylation sites (N-methyl/N-ethyl adjacent to an activating group) is 1. The molecule has 1 aliphatic heterocycles. The quantitative estimate of drug-likeness (QED) is 0.0642. The van der Waals surface area contributed by atoms with E-state index in [0.29, 0.717) is 40.2 Å². The van der Waals surface area contributed by atoms with Crippen LogP contribution in [0.25, 0.3) is 11.1 Å². The first-order chi connectivity index (χ1) is 30.3. The Morgan fingerprint density at radius 3 is 2.14 bits per heavy atom. The van der Waals surface area contributed by atoms with Gasteiger partial charge in [0.25, 0.3) is 5.91 Å². The monoisotopic (exact) mass is 875 g/mol. The van der Waals surface area contributed by atoms with Crippen LogP contribution in [0.5, 0.6) is 11.5 Å². The summed E-state index contributed by atoms with van der Waals surface area (Å²) in [4.78, 5) is 70.5. The number of hydrogen-bond acceptors (Lipinski definition) is 11. The highest BCUT2D eigenvalue weighted by Crippen LogP contribution is 2.40. The third-order valence-corrected chi connectivity index (χ3v) is 10.5. The van der Waals surface area contributed by atoms with E-state index in [2.05, 4.69) is 28.2 Å². The van der Waals surface area contributed by atoms with Gasteiger partial charge >= 0.3 is 0 Å². The van der Waals surface area contributed by atoms with Crippen molar-refractivity contribution in [3.8, 4) is 28.7 Å². The van der Waals surface area contributed by atoms with Gasteiger partial charge in [0.05, 0.1) is 6.07 Å². The van der Waals surface area contributed by atoms with Crippen molar-refractivity contribution in [2.24, 2.45) is 17.2 Å². The Labute approximate surface area is 366 Å². The Morgan fingerprint density at radius 1 is 0.889 bits per heavy atom. The van der Waals surface area contributed by atoms with Gasteiger partial charge in [-0.2, -0.15) is 5.26 Å². The fourth-order valence-corrected chi connectivity index (χ4v) is 7.28. The molecule has 63 heavy (non-hydrogen) atoms. The van der Waals surface area contributed by atoms with Crippen LogP contribution in [-0.2, 0) is 32.0 Å². The van der Waals surface area contributed by atoms with Crippen molar-refractivity contribution in [3.63, 3.8) is 0 Å². The topological polar surface area (TPSA) is 257 Å². The molecule has 0 saturated carbocycles. The number of nitrogens with two attached hydrogens (primary N) is 3. The average Bonchev–Trinajstić information content (AvgIpc) is 3.25. The van der Waals surface area contributed by atoms with Gasteiger partial charge in [0.15, 0.2) is 0 Å². The summed E-state index contributed by atoms with van der Waals surface area (Å²) in [6, 6.07) is 8.46. The third kappa shape index (κ3) is 13.4. The number of fused-ring (bicyclic) bond motifs is 5. The largest absolute Gasteiger partial charge is 0.492 e. The first-order valence-electron chi connectivity index (χ1n) is 21.2. The van der Waals surface area contributed by atoms with Crippen LogP contribution in [0.3, 0.4) is 0 Å². The van der Waals surface area contributed by atoms with Crippen LogP contribution in [0.2, 0.25) is 0 Å². The van der Waals surface area contributed by atoms with E-state index >= 15 is 8.78 Å². The summed E-state index contributed by atoms with van der Waals surface area (Å²) < 4.78 is 42.9. The summed E-state index contributed by atoms with van der Waals surface area (Å²) in [5.74, 6) is -5.78. The molecular weight excluding hydrogens is 817 g/mol. The van der Waals surface area contributed by atoms with E-state index in [1.54, 1.807) is 36.4 Å². The highest BCUT2D eigenvalue weighted by molar-refractivity contribution is 5.99. The molecule has 0 aliphatic carbocycles. The maximum Gasteiger partial charge on any atom is 0.257 e. The van der Waals surface area contributed by atoms with Gasteiger partial charge in [-0.05, 0) is 85.8 Å². The number of halogens is 2. The van der Waals surface area contributed by atoms with Gasteiger partial charge in [-0.25, -0.2) is 8.78 Å². The maximum absolute atomic E-state index is 15.4. The normalized spacial score (nSPS) is 16.7. The Hall–Kier alpha value is -6.16. The SMILES string of the molecule is CCCCCCCc1cc(F)c(C(=O)N[C@@H](CCN)C(=O)N(C)[C@@H]2C(=O)N[C@@H](C)C(=O)N[C@H](C(=O)NCC#N)Cc3ccc(OCCN)c(c3)-c3cc2ccc3OCCN)c(F)c1. The molecule has 10 N–H and O–H groups in total. The number of hydrogen-bond donors (Lipinski definition) is 7. The number of carbonyl (C=O) groups is 5. The zero-order valence-corrected chi connectivity index (χ0v) is 36.1. The minimum atomic E-state index is -1.51. The van der Waals surface area contributed by atoms with Crippen molar-refractivity contribution >= 4 is 29.5 Å². The number of ether oxygens (including phenoxy) is 2. The number of benzene rings is 3. The van der Waals surface area contributed by atoms with Gasteiger partial charge in [0, 0.05) is 37.7 Å². The summed E-state index contributed by atoms with van der Waals surface area (Å²) in [5, 5.41) is 19.3. The van der Waals surface area contributed by atoms with Crippen molar-refractivity contribution in [2.75, 3.05) is 46.4 Å². The molecule has 1 heterocycles. The third-order valence-electron chi connectivity index (χ3n) is 10.5. The number of nitriles is 1. The number of nitrogens with zero attached hydrogens (tertiary/aromatic N) is 2.